The number of para-hydroxylation sites is 1. The van der Waals surface area contributed by atoms with Crippen molar-refractivity contribution in [3.63, 3.8) is 0 Å². The van der Waals surface area contributed by atoms with Crippen molar-refractivity contribution in [3.8, 4) is 5.75 Å². The van der Waals surface area contributed by atoms with Crippen molar-refractivity contribution in [1.29, 1.82) is 0 Å². The van der Waals surface area contributed by atoms with Gasteiger partial charge in [-0.2, -0.15) is 0 Å². The number of nitrogens with two attached hydrogens (primary N) is 1. The molecule has 110 valence electrons. The Morgan fingerprint density at radius 3 is 2.76 bits per heavy atom. The van der Waals surface area contributed by atoms with Crippen LogP contribution in [-0.2, 0) is 4.79 Å². The van der Waals surface area contributed by atoms with E-state index in [1.165, 1.54) is 18.2 Å². The second kappa shape index (κ2) is 6.74. The van der Waals surface area contributed by atoms with Crippen LogP contribution in [0.5, 0.6) is 5.75 Å². The van der Waals surface area contributed by atoms with E-state index in [1.807, 2.05) is 31.2 Å². The molecule has 0 aliphatic rings. The maximum Gasteiger partial charge on any atom is 0.227 e. The molecular formula is C16H17FN2O2. The summed E-state index contributed by atoms with van der Waals surface area (Å²) in [5.41, 5.74) is 6.91. The molecule has 0 saturated carbocycles. The number of amides is 1. The van der Waals surface area contributed by atoms with Crippen LogP contribution in [0.15, 0.2) is 42.5 Å². The van der Waals surface area contributed by atoms with E-state index in [2.05, 4.69) is 5.32 Å². The molecule has 0 fully saturated rings. The second-order valence-corrected chi connectivity index (χ2v) is 4.67. The molecule has 0 heterocycles. The first-order chi connectivity index (χ1) is 10.1. The van der Waals surface area contributed by atoms with Gasteiger partial charge in [0.05, 0.1) is 18.7 Å². The summed E-state index contributed by atoms with van der Waals surface area (Å²) in [5, 5.41) is 2.46. The van der Waals surface area contributed by atoms with E-state index in [1.54, 1.807) is 0 Å². The fourth-order valence-electron chi connectivity index (χ4n) is 1.84. The zero-order chi connectivity index (χ0) is 15.2. The Balaban J connectivity index is 1.85. The van der Waals surface area contributed by atoms with Gasteiger partial charge in [0.15, 0.2) is 0 Å². The van der Waals surface area contributed by atoms with Crippen molar-refractivity contribution in [2.45, 2.75) is 13.3 Å². The van der Waals surface area contributed by atoms with E-state index < -0.39 is 5.82 Å². The number of anilines is 2. The van der Waals surface area contributed by atoms with E-state index in [0.717, 1.165) is 5.56 Å². The summed E-state index contributed by atoms with van der Waals surface area (Å²) >= 11 is 0. The number of carbonyl (C=O) groups is 1. The molecule has 0 aliphatic carbocycles. The van der Waals surface area contributed by atoms with Crippen molar-refractivity contribution in [3.05, 3.63) is 53.8 Å². The van der Waals surface area contributed by atoms with Crippen molar-refractivity contribution in [2.24, 2.45) is 0 Å². The Hall–Kier alpha value is -2.56. The number of benzene rings is 2. The Kier molecular flexibility index (Phi) is 4.77. The normalized spacial score (nSPS) is 10.2. The quantitative estimate of drug-likeness (QED) is 0.831. The summed E-state index contributed by atoms with van der Waals surface area (Å²) < 4.78 is 19.0. The molecule has 0 unspecified atom stereocenters. The summed E-state index contributed by atoms with van der Waals surface area (Å²) in [4.78, 5) is 11.8. The van der Waals surface area contributed by atoms with Gasteiger partial charge in [0.25, 0.3) is 0 Å². The standard InChI is InChI=1S/C16H17FN2O2/c1-11-4-2-5-12(10-11)21-9-8-15(20)19-16-13(17)6-3-7-14(16)18/h2-7,10H,8-9,18H2,1H3,(H,19,20). The molecule has 4 nitrogen and oxygen atoms in total. The lowest BCUT2D eigenvalue weighted by molar-refractivity contribution is -0.116. The van der Waals surface area contributed by atoms with Crippen molar-refractivity contribution >= 4 is 17.3 Å². The maximum absolute atomic E-state index is 13.5. The number of aryl methyl sites for hydroxylation is 1. The first-order valence-electron chi connectivity index (χ1n) is 6.59. The minimum Gasteiger partial charge on any atom is -0.493 e. The first kappa shape index (κ1) is 14.8. The monoisotopic (exact) mass is 288 g/mol. The van der Waals surface area contributed by atoms with Gasteiger partial charge in [-0.05, 0) is 36.8 Å². The molecule has 2 aromatic rings. The van der Waals surface area contributed by atoms with E-state index in [9.17, 15) is 9.18 Å². The molecule has 0 spiro atoms. The Labute approximate surface area is 122 Å². The average Bonchev–Trinajstić information content (AvgIpc) is 2.43. The molecule has 2 aromatic carbocycles. The second-order valence-electron chi connectivity index (χ2n) is 4.67. The van der Waals surface area contributed by atoms with Gasteiger partial charge in [-0.3, -0.25) is 4.79 Å². The topological polar surface area (TPSA) is 64.3 Å². The zero-order valence-corrected chi connectivity index (χ0v) is 11.7. The SMILES string of the molecule is Cc1cccc(OCCC(=O)Nc2c(N)cccc2F)c1. The van der Waals surface area contributed by atoms with Crippen molar-refractivity contribution in [2.75, 3.05) is 17.7 Å². The summed E-state index contributed by atoms with van der Waals surface area (Å²) in [6.45, 7) is 2.17. The summed E-state index contributed by atoms with van der Waals surface area (Å²) in [5.74, 6) is -0.199. The van der Waals surface area contributed by atoms with Crippen LogP contribution in [-0.4, -0.2) is 12.5 Å². The van der Waals surface area contributed by atoms with Crippen molar-refractivity contribution in [1.82, 2.24) is 0 Å². The van der Waals surface area contributed by atoms with Gasteiger partial charge in [-0.15, -0.1) is 0 Å². The Morgan fingerprint density at radius 1 is 1.29 bits per heavy atom. The number of nitrogens with one attached hydrogen (secondary N) is 1. The molecule has 0 atom stereocenters. The highest BCUT2D eigenvalue weighted by atomic mass is 19.1. The molecule has 0 aliphatic heterocycles. The molecule has 1 amide bonds. The lowest BCUT2D eigenvalue weighted by Gasteiger charge is -2.10. The highest BCUT2D eigenvalue weighted by Gasteiger charge is 2.10. The van der Waals surface area contributed by atoms with E-state index in [-0.39, 0.29) is 30.3 Å². The van der Waals surface area contributed by atoms with Crippen LogP contribution in [0, 0.1) is 12.7 Å². The van der Waals surface area contributed by atoms with Crippen LogP contribution < -0.4 is 15.8 Å². The van der Waals surface area contributed by atoms with Gasteiger partial charge >= 0.3 is 0 Å². The van der Waals surface area contributed by atoms with Gasteiger partial charge in [-0.25, -0.2) is 4.39 Å². The highest BCUT2D eigenvalue weighted by Crippen LogP contribution is 2.21. The van der Waals surface area contributed by atoms with Gasteiger partial charge < -0.3 is 15.8 Å². The third-order valence-electron chi connectivity index (χ3n) is 2.90. The summed E-state index contributed by atoms with van der Waals surface area (Å²) in [7, 11) is 0. The lowest BCUT2D eigenvalue weighted by atomic mass is 10.2. The van der Waals surface area contributed by atoms with Gasteiger partial charge in [-0.1, -0.05) is 18.2 Å². The van der Waals surface area contributed by atoms with Gasteiger partial charge in [0, 0.05) is 0 Å². The Morgan fingerprint density at radius 2 is 2.05 bits per heavy atom. The minimum absolute atomic E-state index is 0.0121. The molecule has 0 radical (unpaired) electrons. The number of nitrogen functional groups attached to an aromatic ring is 1. The van der Waals surface area contributed by atoms with E-state index in [0.29, 0.717) is 5.75 Å². The summed E-state index contributed by atoms with van der Waals surface area (Å²) in [6.07, 6.45) is 0.113. The molecule has 21 heavy (non-hydrogen) atoms. The highest BCUT2D eigenvalue weighted by molar-refractivity contribution is 5.94. The van der Waals surface area contributed by atoms with Crippen LogP contribution in [0.3, 0.4) is 0 Å². The molecule has 2 rings (SSSR count). The van der Waals surface area contributed by atoms with E-state index in [4.69, 9.17) is 10.5 Å². The minimum atomic E-state index is -0.553. The number of hydrogen-bond donors (Lipinski definition) is 2. The van der Waals surface area contributed by atoms with Gasteiger partial charge in [0.2, 0.25) is 5.91 Å². The first-order valence-corrected chi connectivity index (χ1v) is 6.59. The van der Waals surface area contributed by atoms with Crippen LogP contribution in [0.4, 0.5) is 15.8 Å². The predicted octanol–water partition coefficient (Wildman–Crippen LogP) is 3.12. The number of carbonyl (C=O) groups excluding carboxylic acids is 1. The predicted molar refractivity (Wildman–Crippen MR) is 80.7 cm³/mol. The van der Waals surface area contributed by atoms with Crippen LogP contribution >= 0.6 is 0 Å². The molecular weight excluding hydrogens is 271 g/mol. The lowest BCUT2D eigenvalue weighted by Crippen LogP contribution is -2.17. The maximum atomic E-state index is 13.5. The molecule has 0 aromatic heterocycles. The molecule has 0 saturated heterocycles. The molecule has 0 bridgehead atoms. The number of halogens is 1. The number of ether oxygens (including phenoxy) is 1. The van der Waals surface area contributed by atoms with Crippen LogP contribution in [0.2, 0.25) is 0 Å². The fraction of sp³-hybridized carbons (Fsp3) is 0.188. The Bertz CT molecular complexity index is 624. The molecule has 5 heteroatoms. The number of hydrogen-bond acceptors (Lipinski definition) is 3. The third-order valence-corrected chi connectivity index (χ3v) is 2.90. The third kappa shape index (κ3) is 4.21. The van der Waals surface area contributed by atoms with Gasteiger partial charge in [0.1, 0.15) is 17.3 Å². The number of rotatable bonds is 5. The van der Waals surface area contributed by atoms with Crippen LogP contribution in [0.25, 0.3) is 0 Å². The van der Waals surface area contributed by atoms with E-state index >= 15 is 0 Å². The zero-order valence-electron chi connectivity index (χ0n) is 11.7. The van der Waals surface area contributed by atoms with Crippen LogP contribution in [0.1, 0.15) is 12.0 Å². The molecule has 3 N–H and O–H groups in total. The largest absolute Gasteiger partial charge is 0.493 e. The average molecular weight is 288 g/mol. The fourth-order valence-corrected chi connectivity index (χ4v) is 1.84. The van der Waals surface area contributed by atoms with Crippen molar-refractivity contribution < 1.29 is 13.9 Å². The smallest absolute Gasteiger partial charge is 0.227 e. The summed E-state index contributed by atoms with van der Waals surface area (Å²) in [6, 6.07) is 11.8.